The molecule has 5 aromatic rings. The number of carbonyl (C=O) groups is 4. The normalized spacial score (nSPS) is 16.3. The molecule has 0 amide bonds. The highest BCUT2D eigenvalue weighted by Crippen LogP contribution is 2.31. The molecule has 0 bridgehead atoms. The van der Waals surface area contributed by atoms with E-state index >= 15 is 4.39 Å². The van der Waals surface area contributed by atoms with Crippen LogP contribution in [0.3, 0.4) is 0 Å². The van der Waals surface area contributed by atoms with Crippen molar-refractivity contribution in [3.05, 3.63) is 156 Å². The average Bonchev–Trinajstić information content (AvgIpc) is 3.59. The fourth-order valence-corrected chi connectivity index (χ4v) is 5.71. The molecule has 0 unspecified atom stereocenters. The van der Waals surface area contributed by atoms with Crippen molar-refractivity contribution in [1.29, 1.82) is 0 Å². The van der Waals surface area contributed by atoms with Crippen molar-refractivity contribution in [2.45, 2.75) is 38.4 Å². The fraction of sp³-hybridized carbons (Fsp3) is 0.184. The quantitative estimate of drug-likeness (QED) is 0.156. The number of esters is 3. The van der Waals surface area contributed by atoms with Crippen LogP contribution in [-0.2, 0) is 25.6 Å². The van der Waals surface area contributed by atoms with E-state index in [1.165, 1.54) is 37.3 Å². The van der Waals surface area contributed by atoms with E-state index in [4.69, 9.17) is 46.9 Å². The van der Waals surface area contributed by atoms with Gasteiger partial charge >= 0.3 is 23.6 Å². The van der Waals surface area contributed by atoms with Crippen molar-refractivity contribution in [2.24, 2.45) is 0 Å². The minimum atomic E-state index is -1.55. The molecule has 14 nitrogen and oxygen atoms in total. The molecule has 282 valence electrons. The second kappa shape index (κ2) is 17.0. The van der Waals surface area contributed by atoms with Crippen molar-refractivity contribution in [2.75, 3.05) is 6.61 Å². The van der Waals surface area contributed by atoms with Crippen LogP contribution in [0.5, 0.6) is 11.6 Å². The predicted octanol–water partition coefficient (Wildman–Crippen LogP) is 5.41. The third-order valence-corrected chi connectivity index (χ3v) is 8.68. The first kappa shape index (κ1) is 38.7. The van der Waals surface area contributed by atoms with Gasteiger partial charge in [-0.15, -0.1) is 0 Å². The molecular weight excluding hydrogens is 764 g/mol. The summed E-state index contributed by atoms with van der Waals surface area (Å²) in [7, 11) is 0. The van der Waals surface area contributed by atoms with Crippen molar-refractivity contribution in [1.82, 2.24) is 14.1 Å². The zero-order chi connectivity index (χ0) is 39.2. The maximum absolute atomic E-state index is 15.2. The first-order valence-electron chi connectivity index (χ1n) is 16.4. The Kier molecular flexibility index (Phi) is 12.0. The molecule has 2 aromatic heterocycles. The Labute approximate surface area is 320 Å². The number of aromatic nitrogens is 3. The summed E-state index contributed by atoms with van der Waals surface area (Å²) < 4.78 is 43.7. The van der Waals surface area contributed by atoms with E-state index in [0.29, 0.717) is 11.2 Å². The van der Waals surface area contributed by atoms with E-state index in [-0.39, 0.29) is 57.5 Å². The van der Waals surface area contributed by atoms with Crippen molar-refractivity contribution in [3.8, 4) is 11.6 Å². The third-order valence-electron chi connectivity index (χ3n) is 8.14. The highest BCUT2D eigenvalue weighted by molar-refractivity contribution is 6.32. The zero-order valence-corrected chi connectivity index (χ0v) is 30.1. The van der Waals surface area contributed by atoms with Gasteiger partial charge in [-0.05, 0) is 48.0 Å². The smallest absolute Gasteiger partial charge is 0.344 e. The second-order valence-electron chi connectivity index (χ2n) is 11.9. The van der Waals surface area contributed by atoms with Crippen LogP contribution in [0, 0.1) is 5.82 Å². The Morgan fingerprint density at radius 1 is 0.891 bits per heavy atom. The molecule has 1 saturated heterocycles. The van der Waals surface area contributed by atoms with Crippen LogP contribution in [0.25, 0.3) is 0 Å². The number of benzene rings is 3. The number of hydrogen-bond acceptors (Lipinski definition) is 12. The number of carbonyl (C=O) groups excluding carboxylic acids is 4. The molecule has 55 heavy (non-hydrogen) atoms. The van der Waals surface area contributed by atoms with Gasteiger partial charge in [0.05, 0.1) is 36.2 Å². The lowest BCUT2D eigenvalue weighted by molar-refractivity contribution is -0.148. The zero-order valence-electron chi connectivity index (χ0n) is 28.6. The van der Waals surface area contributed by atoms with E-state index in [1.54, 1.807) is 42.5 Å². The topological polar surface area (TPSA) is 171 Å². The Morgan fingerprint density at radius 2 is 1.58 bits per heavy atom. The Hall–Kier alpha value is -6.00. The van der Waals surface area contributed by atoms with Gasteiger partial charge in [0.15, 0.2) is 5.75 Å². The largest absolute Gasteiger partial charge is 0.463 e. The molecule has 0 aliphatic carbocycles. The van der Waals surface area contributed by atoms with Gasteiger partial charge < -0.3 is 23.7 Å². The van der Waals surface area contributed by atoms with E-state index in [1.807, 2.05) is 0 Å². The Bertz CT molecular complexity index is 2390. The molecule has 3 aromatic carbocycles. The number of ether oxygens (including phenoxy) is 5. The molecule has 3 heterocycles. The Morgan fingerprint density at radius 3 is 2.31 bits per heavy atom. The Balaban J connectivity index is 1.21. The van der Waals surface area contributed by atoms with Gasteiger partial charge in [-0.1, -0.05) is 59.6 Å². The van der Waals surface area contributed by atoms with Crippen molar-refractivity contribution < 1.29 is 47.3 Å². The average molecular weight is 793 g/mol. The number of halogens is 3. The highest BCUT2D eigenvalue weighted by Gasteiger charge is 2.39. The SMILES string of the molecule is CC(=O)OC[C@H]1O[C@@H](n2cc(F)c(=O)n(C(=O)c3cccc(C(=O)Oc4cc(OC(=O)c5ccccc5)ncc4Cl)c3)c2=O)C[C@@H]1OCc1ccc(Cl)cc1. The number of hydrogen-bond donors (Lipinski definition) is 0. The standard InChI is InChI=1S/C38H28Cl2FN3O11/c1-21(45)51-20-31-30(52-19-22-10-12-26(39)13-11-22)16-33(53-31)43-18-28(41)35(47)44(38(43)50)34(46)24-8-5-9-25(14-24)37(49)54-29-15-32(42-17-27(29)40)55-36(48)23-6-3-2-4-7-23/h2-15,17-18,30-31,33H,16,19-20H2,1H3/t30-,31+,33+/m0/s1. The molecule has 1 aliphatic rings. The number of pyridine rings is 1. The molecule has 1 fully saturated rings. The lowest BCUT2D eigenvalue weighted by atomic mass is 10.1. The summed E-state index contributed by atoms with van der Waals surface area (Å²) in [4.78, 5) is 81.4. The molecular formula is C38H28Cl2FN3O11. The minimum Gasteiger partial charge on any atom is -0.463 e. The van der Waals surface area contributed by atoms with Crippen LogP contribution in [0.15, 0.2) is 107 Å². The molecule has 0 radical (unpaired) electrons. The maximum atomic E-state index is 15.2. The second-order valence-corrected chi connectivity index (χ2v) is 12.8. The van der Waals surface area contributed by atoms with Gasteiger partial charge in [0.25, 0.3) is 11.5 Å². The van der Waals surface area contributed by atoms with Crippen LogP contribution in [0.2, 0.25) is 10.0 Å². The summed E-state index contributed by atoms with van der Waals surface area (Å²) in [6.07, 6.45) is -1.27. The predicted molar refractivity (Wildman–Crippen MR) is 192 cm³/mol. The maximum Gasteiger partial charge on any atom is 0.344 e. The van der Waals surface area contributed by atoms with Crippen molar-refractivity contribution >= 4 is 47.0 Å². The molecule has 0 saturated carbocycles. The molecule has 17 heteroatoms. The molecule has 3 atom stereocenters. The number of rotatable bonds is 11. The molecule has 6 rings (SSSR count). The van der Waals surface area contributed by atoms with Gasteiger partial charge in [0, 0.05) is 30.0 Å². The molecule has 1 aliphatic heterocycles. The van der Waals surface area contributed by atoms with E-state index in [2.05, 4.69) is 4.98 Å². The van der Waals surface area contributed by atoms with Gasteiger partial charge in [0.2, 0.25) is 11.7 Å². The lowest BCUT2D eigenvalue weighted by Crippen LogP contribution is -2.46. The van der Waals surface area contributed by atoms with Crippen LogP contribution in [0.4, 0.5) is 4.39 Å². The van der Waals surface area contributed by atoms with Gasteiger partial charge in [0.1, 0.15) is 24.0 Å². The van der Waals surface area contributed by atoms with Crippen LogP contribution < -0.4 is 20.7 Å². The summed E-state index contributed by atoms with van der Waals surface area (Å²) in [5.41, 5.74) is -2.38. The van der Waals surface area contributed by atoms with Gasteiger partial charge in [-0.25, -0.2) is 19.4 Å². The van der Waals surface area contributed by atoms with E-state index < -0.39 is 59.3 Å². The molecule has 0 N–H and O–H groups in total. The first-order chi connectivity index (χ1) is 26.4. The minimum absolute atomic E-state index is 0.0582. The van der Waals surface area contributed by atoms with Crippen LogP contribution in [-0.4, -0.2) is 56.7 Å². The van der Waals surface area contributed by atoms with Crippen molar-refractivity contribution in [3.63, 3.8) is 0 Å². The summed E-state index contributed by atoms with van der Waals surface area (Å²) in [6.45, 7) is 1.02. The third kappa shape index (κ3) is 9.21. The van der Waals surface area contributed by atoms with Gasteiger partial charge in [-0.2, -0.15) is 8.96 Å². The highest BCUT2D eigenvalue weighted by atomic mass is 35.5. The van der Waals surface area contributed by atoms with Crippen LogP contribution in [0.1, 0.15) is 56.2 Å². The van der Waals surface area contributed by atoms with Crippen LogP contribution >= 0.6 is 23.2 Å². The monoisotopic (exact) mass is 791 g/mol. The summed E-state index contributed by atoms with van der Waals surface area (Å²) >= 11 is 12.1. The van der Waals surface area contributed by atoms with E-state index in [0.717, 1.165) is 28.5 Å². The van der Waals surface area contributed by atoms with Gasteiger partial charge in [-0.3, -0.25) is 19.0 Å². The fourth-order valence-electron chi connectivity index (χ4n) is 5.44. The summed E-state index contributed by atoms with van der Waals surface area (Å²) in [5, 5.41) is 0.404. The van der Waals surface area contributed by atoms with E-state index in [9.17, 15) is 28.8 Å². The first-order valence-corrected chi connectivity index (χ1v) is 17.1. The summed E-state index contributed by atoms with van der Waals surface area (Å²) in [5.74, 6) is -5.54. The number of nitrogens with zero attached hydrogens (tertiary/aromatic N) is 3. The molecule has 0 spiro atoms. The summed E-state index contributed by atoms with van der Waals surface area (Å²) in [6, 6.07) is 20.8. The lowest BCUT2D eigenvalue weighted by Gasteiger charge is -2.19.